The molecule has 0 saturated carbocycles. The molecule has 0 aromatic carbocycles. The van der Waals surface area contributed by atoms with Crippen LogP contribution < -0.4 is 0 Å². The Kier molecular flexibility index (Phi) is 3.15. The molecule has 1 aliphatic carbocycles. The van der Waals surface area contributed by atoms with Crippen LogP contribution in [0.5, 0.6) is 0 Å². The number of rotatable bonds is 2. The standard InChI is InChI=1S/C10H6ClNO6S/c11-19(17,18)7(14)4-12-9(15)5-2-1-3-6(13)8(5)10(12)16/h1-2H,3-4H2. The first-order valence-corrected chi connectivity index (χ1v) is 7.32. The van der Waals surface area contributed by atoms with Gasteiger partial charge in [-0.05, 0) is 0 Å². The van der Waals surface area contributed by atoms with Crippen LogP contribution in [0.25, 0.3) is 0 Å². The molecule has 7 nitrogen and oxygen atoms in total. The van der Waals surface area contributed by atoms with Crippen molar-refractivity contribution in [3.05, 3.63) is 23.3 Å². The largest absolute Gasteiger partial charge is 0.296 e. The van der Waals surface area contributed by atoms with E-state index in [-0.39, 0.29) is 17.6 Å². The maximum absolute atomic E-state index is 11.8. The Morgan fingerprint density at radius 2 is 1.89 bits per heavy atom. The quantitative estimate of drug-likeness (QED) is 0.378. The number of amides is 2. The molecule has 2 amide bonds. The van der Waals surface area contributed by atoms with Gasteiger partial charge in [0.2, 0.25) is 0 Å². The van der Waals surface area contributed by atoms with Crippen LogP contribution in [0, 0.1) is 0 Å². The highest BCUT2D eigenvalue weighted by atomic mass is 35.7. The van der Waals surface area contributed by atoms with Gasteiger partial charge in [0.05, 0.1) is 11.1 Å². The molecular weight excluding hydrogens is 298 g/mol. The van der Waals surface area contributed by atoms with E-state index in [1.807, 2.05) is 0 Å². The normalized spacial score (nSPS) is 19.2. The van der Waals surface area contributed by atoms with E-state index in [2.05, 4.69) is 0 Å². The van der Waals surface area contributed by atoms with Gasteiger partial charge < -0.3 is 0 Å². The zero-order chi connectivity index (χ0) is 14.4. The number of imide groups is 1. The summed E-state index contributed by atoms with van der Waals surface area (Å²) in [6.07, 6.45) is 2.69. The SMILES string of the molecule is O=C1CC=CC2=C1C(=O)N(CC(=O)S(=O)(=O)Cl)C2=O. The number of ketones is 1. The lowest BCUT2D eigenvalue weighted by atomic mass is 9.98. The lowest BCUT2D eigenvalue weighted by molar-refractivity contribution is -0.140. The summed E-state index contributed by atoms with van der Waals surface area (Å²) in [4.78, 5) is 46.8. The highest BCUT2D eigenvalue weighted by molar-refractivity contribution is 8.25. The van der Waals surface area contributed by atoms with Crippen molar-refractivity contribution in [1.82, 2.24) is 4.90 Å². The van der Waals surface area contributed by atoms with Crippen LogP contribution in [-0.2, 0) is 28.2 Å². The highest BCUT2D eigenvalue weighted by Crippen LogP contribution is 2.27. The molecule has 1 aliphatic heterocycles. The van der Waals surface area contributed by atoms with Crippen molar-refractivity contribution in [2.45, 2.75) is 6.42 Å². The molecule has 0 fully saturated rings. The van der Waals surface area contributed by atoms with Gasteiger partial charge in [0.25, 0.3) is 26.0 Å². The molecule has 0 N–H and O–H groups in total. The smallest absolute Gasteiger partial charge is 0.294 e. The Labute approximate surface area is 111 Å². The number of nitrogens with zero attached hydrogens (tertiary/aromatic N) is 1. The molecule has 0 unspecified atom stereocenters. The summed E-state index contributed by atoms with van der Waals surface area (Å²) in [5.41, 5.74) is -0.437. The summed E-state index contributed by atoms with van der Waals surface area (Å²) in [5, 5.41) is -1.48. The zero-order valence-electron chi connectivity index (χ0n) is 9.25. The Morgan fingerprint density at radius 1 is 1.26 bits per heavy atom. The molecule has 19 heavy (non-hydrogen) atoms. The van der Waals surface area contributed by atoms with E-state index >= 15 is 0 Å². The highest BCUT2D eigenvalue weighted by Gasteiger charge is 2.43. The van der Waals surface area contributed by atoms with Gasteiger partial charge in [-0.3, -0.25) is 24.1 Å². The molecule has 0 saturated heterocycles. The molecule has 2 aliphatic rings. The lowest BCUT2D eigenvalue weighted by Gasteiger charge is -2.11. The van der Waals surface area contributed by atoms with Crippen molar-refractivity contribution in [1.29, 1.82) is 0 Å². The third-order valence-corrected chi connectivity index (χ3v) is 3.82. The Bertz CT molecular complexity index is 687. The van der Waals surface area contributed by atoms with Gasteiger partial charge in [-0.15, -0.1) is 0 Å². The van der Waals surface area contributed by atoms with Gasteiger partial charge in [0, 0.05) is 17.1 Å². The second kappa shape index (κ2) is 4.39. The van der Waals surface area contributed by atoms with Crippen molar-refractivity contribution < 1.29 is 27.6 Å². The molecule has 0 spiro atoms. The molecule has 9 heteroatoms. The fourth-order valence-corrected chi connectivity index (χ4v) is 2.18. The van der Waals surface area contributed by atoms with Gasteiger partial charge in [-0.1, -0.05) is 12.2 Å². The van der Waals surface area contributed by atoms with Crippen LogP contribution in [0.1, 0.15) is 6.42 Å². The number of Topliss-reactive ketones (excluding diaryl/α,β-unsaturated/α-hetero) is 1. The number of halogens is 1. The first-order valence-electron chi connectivity index (χ1n) is 5.01. The molecule has 1 heterocycles. The predicted molar refractivity (Wildman–Crippen MR) is 62.3 cm³/mol. The fraction of sp³-hybridized carbons (Fsp3) is 0.200. The minimum absolute atomic E-state index is 0.0204. The average Bonchev–Trinajstić information content (AvgIpc) is 2.54. The topological polar surface area (TPSA) is 106 Å². The molecule has 0 aromatic rings. The van der Waals surface area contributed by atoms with Crippen LogP contribution in [-0.4, -0.2) is 42.6 Å². The second-order valence-corrected chi connectivity index (χ2v) is 6.37. The zero-order valence-corrected chi connectivity index (χ0v) is 10.8. The molecule has 0 atom stereocenters. The monoisotopic (exact) mass is 303 g/mol. The number of allylic oxidation sites excluding steroid dienone is 1. The van der Waals surface area contributed by atoms with E-state index in [9.17, 15) is 27.6 Å². The lowest BCUT2D eigenvalue weighted by Crippen LogP contribution is -2.38. The van der Waals surface area contributed by atoms with Crippen LogP contribution in [0.2, 0.25) is 0 Å². The second-order valence-electron chi connectivity index (χ2n) is 3.82. The van der Waals surface area contributed by atoms with Crippen molar-refractivity contribution in [3.8, 4) is 0 Å². The maximum atomic E-state index is 11.8. The molecule has 100 valence electrons. The van der Waals surface area contributed by atoms with Crippen molar-refractivity contribution in [2.24, 2.45) is 0 Å². The van der Waals surface area contributed by atoms with E-state index in [0.717, 1.165) is 0 Å². The van der Waals surface area contributed by atoms with Gasteiger partial charge in [0.1, 0.15) is 6.54 Å². The van der Waals surface area contributed by atoms with Crippen LogP contribution >= 0.6 is 10.7 Å². The summed E-state index contributed by atoms with van der Waals surface area (Å²) in [7, 11) is 0.300. The van der Waals surface area contributed by atoms with Crippen LogP contribution in [0.15, 0.2) is 23.3 Å². The number of carbonyl (C=O) groups excluding carboxylic acids is 4. The van der Waals surface area contributed by atoms with E-state index in [4.69, 9.17) is 10.7 Å². The molecule has 2 rings (SSSR count). The third kappa shape index (κ3) is 2.24. The Hall–Kier alpha value is -1.80. The van der Waals surface area contributed by atoms with Crippen molar-refractivity contribution in [3.63, 3.8) is 0 Å². The fourth-order valence-electron chi connectivity index (χ4n) is 1.75. The Morgan fingerprint density at radius 3 is 2.42 bits per heavy atom. The van der Waals surface area contributed by atoms with Crippen molar-refractivity contribution >= 4 is 42.4 Å². The first-order chi connectivity index (χ1) is 8.73. The molecule has 0 bridgehead atoms. The number of hydrogen-bond donors (Lipinski definition) is 0. The summed E-state index contributed by atoms with van der Waals surface area (Å²) in [6, 6.07) is 0. The van der Waals surface area contributed by atoms with E-state index in [1.165, 1.54) is 12.2 Å². The minimum atomic E-state index is -4.52. The van der Waals surface area contributed by atoms with Gasteiger partial charge in [-0.2, -0.15) is 0 Å². The summed E-state index contributed by atoms with van der Waals surface area (Å²) in [5.74, 6) is -2.39. The summed E-state index contributed by atoms with van der Waals surface area (Å²) in [6.45, 7) is -1.00. The number of carbonyl (C=O) groups is 4. The molecule has 0 radical (unpaired) electrons. The van der Waals surface area contributed by atoms with Gasteiger partial charge >= 0.3 is 0 Å². The van der Waals surface area contributed by atoms with E-state index < -0.39 is 38.3 Å². The minimum Gasteiger partial charge on any atom is -0.294 e. The van der Waals surface area contributed by atoms with Crippen LogP contribution in [0.3, 0.4) is 0 Å². The van der Waals surface area contributed by atoms with Gasteiger partial charge in [0.15, 0.2) is 5.78 Å². The summed E-state index contributed by atoms with van der Waals surface area (Å²) >= 11 is 0. The Balaban J connectivity index is 2.32. The molecular formula is C10H6ClNO6S. The molecule has 0 aromatic heterocycles. The maximum Gasteiger partial charge on any atom is 0.296 e. The van der Waals surface area contributed by atoms with Crippen LogP contribution in [0.4, 0.5) is 0 Å². The first kappa shape index (κ1) is 13.6. The van der Waals surface area contributed by atoms with Crippen molar-refractivity contribution in [2.75, 3.05) is 6.54 Å². The van der Waals surface area contributed by atoms with Gasteiger partial charge in [-0.25, -0.2) is 8.42 Å². The van der Waals surface area contributed by atoms with E-state index in [1.54, 1.807) is 0 Å². The summed E-state index contributed by atoms with van der Waals surface area (Å²) < 4.78 is 21.6. The number of hydrogen-bond acceptors (Lipinski definition) is 6. The predicted octanol–water partition coefficient (Wildman–Crippen LogP) is -0.724. The van der Waals surface area contributed by atoms with E-state index in [0.29, 0.717) is 4.90 Å². The average molecular weight is 304 g/mol. The third-order valence-electron chi connectivity index (χ3n) is 2.63.